The van der Waals surface area contributed by atoms with E-state index in [2.05, 4.69) is 5.32 Å². The maximum absolute atomic E-state index is 12.4. The van der Waals surface area contributed by atoms with Gasteiger partial charge in [0, 0.05) is 45.7 Å². The average Bonchev–Trinajstić information content (AvgIpc) is 2.57. The highest BCUT2D eigenvalue weighted by Gasteiger charge is 2.27. The van der Waals surface area contributed by atoms with Crippen molar-refractivity contribution in [3.05, 3.63) is 0 Å². The summed E-state index contributed by atoms with van der Waals surface area (Å²) in [5.74, 6) is 0.797. The van der Waals surface area contributed by atoms with Gasteiger partial charge in [0.2, 0.25) is 5.91 Å². The largest absolute Gasteiger partial charge is 0.339 e. The van der Waals surface area contributed by atoms with Gasteiger partial charge in [0.1, 0.15) is 0 Å². The van der Waals surface area contributed by atoms with Gasteiger partial charge >= 0.3 is 6.03 Å². The summed E-state index contributed by atoms with van der Waals surface area (Å²) in [5.41, 5.74) is 0. The summed E-state index contributed by atoms with van der Waals surface area (Å²) in [7, 11) is 0. The molecule has 0 aliphatic carbocycles. The normalized spacial score (nSPS) is 19.2. The number of hydrogen-bond donors (Lipinski definition) is 1. The van der Waals surface area contributed by atoms with Crippen molar-refractivity contribution in [2.75, 3.05) is 52.4 Å². The van der Waals surface area contributed by atoms with Crippen molar-refractivity contribution in [3.63, 3.8) is 0 Å². The van der Waals surface area contributed by atoms with Gasteiger partial charge in [-0.3, -0.25) is 4.79 Å². The Morgan fingerprint density at radius 1 is 1.00 bits per heavy atom. The average molecular weight is 347 g/mol. The molecule has 2 fully saturated rings. The maximum atomic E-state index is 12.4. The Morgan fingerprint density at radius 3 is 2.04 bits per heavy atom. The second kappa shape index (κ2) is 9.98. The second-order valence-electron chi connectivity index (χ2n) is 6.22. The van der Waals surface area contributed by atoms with Gasteiger partial charge in [-0.25, -0.2) is 4.79 Å². The third kappa shape index (κ3) is 5.53. The van der Waals surface area contributed by atoms with Crippen LogP contribution in [0.3, 0.4) is 0 Å². The Kier molecular flexibility index (Phi) is 8.69. The minimum absolute atomic E-state index is 0. The molecular formula is C16H31ClN4O2. The third-order valence-electron chi connectivity index (χ3n) is 4.86. The summed E-state index contributed by atoms with van der Waals surface area (Å²) in [6.45, 7) is 10.2. The quantitative estimate of drug-likeness (QED) is 0.837. The molecule has 0 saturated carbocycles. The Balaban J connectivity index is 0.00000264. The first-order valence-electron chi connectivity index (χ1n) is 8.68. The third-order valence-corrected chi connectivity index (χ3v) is 4.86. The molecule has 1 N–H and O–H groups in total. The van der Waals surface area contributed by atoms with Crippen molar-refractivity contribution in [2.24, 2.45) is 5.92 Å². The number of piperazine rings is 1. The van der Waals surface area contributed by atoms with Crippen LogP contribution >= 0.6 is 12.4 Å². The lowest BCUT2D eigenvalue weighted by atomic mass is 9.94. The molecular weight excluding hydrogens is 316 g/mol. The molecule has 0 radical (unpaired) electrons. The van der Waals surface area contributed by atoms with Crippen LogP contribution in [0.4, 0.5) is 4.79 Å². The van der Waals surface area contributed by atoms with E-state index < -0.39 is 0 Å². The summed E-state index contributed by atoms with van der Waals surface area (Å²) < 4.78 is 0. The van der Waals surface area contributed by atoms with Gasteiger partial charge in [-0.1, -0.05) is 0 Å². The molecule has 2 heterocycles. The van der Waals surface area contributed by atoms with E-state index in [0.717, 1.165) is 39.0 Å². The van der Waals surface area contributed by atoms with Gasteiger partial charge in [0.25, 0.3) is 0 Å². The number of halogens is 1. The fourth-order valence-electron chi connectivity index (χ4n) is 3.30. The zero-order chi connectivity index (χ0) is 15.9. The van der Waals surface area contributed by atoms with Crippen LogP contribution < -0.4 is 5.32 Å². The van der Waals surface area contributed by atoms with Gasteiger partial charge in [0.05, 0.1) is 0 Å². The van der Waals surface area contributed by atoms with E-state index in [-0.39, 0.29) is 24.3 Å². The van der Waals surface area contributed by atoms with E-state index in [0.29, 0.717) is 38.5 Å². The Hall–Kier alpha value is -1.01. The zero-order valence-corrected chi connectivity index (χ0v) is 15.2. The molecule has 23 heavy (non-hydrogen) atoms. The monoisotopic (exact) mass is 346 g/mol. The number of hydrogen-bond acceptors (Lipinski definition) is 3. The van der Waals surface area contributed by atoms with E-state index in [4.69, 9.17) is 0 Å². The molecule has 7 heteroatoms. The van der Waals surface area contributed by atoms with E-state index in [1.165, 1.54) is 0 Å². The van der Waals surface area contributed by atoms with Crippen LogP contribution in [0.25, 0.3) is 0 Å². The first-order chi connectivity index (χ1) is 10.7. The summed E-state index contributed by atoms with van der Waals surface area (Å²) in [5, 5.41) is 3.33. The van der Waals surface area contributed by atoms with Crippen LogP contribution in [0.2, 0.25) is 0 Å². The Labute approximate surface area is 146 Å². The molecule has 2 aliphatic heterocycles. The summed E-state index contributed by atoms with van der Waals surface area (Å²) in [6.07, 6.45) is 2.88. The predicted molar refractivity (Wildman–Crippen MR) is 93.9 cm³/mol. The smallest absolute Gasteiger partial charge is 0.320 e. The molecule has 0 aromatic carbocycles. The number of carbonyl (C=O) groups excluding carboxylic acids is 2. The molecule has 0 spiro atoms. The summed E-state index contributed by atoms with van der Waals surface area (Å²) >= 11 is 0. The second-order valence-corrected chi connectivity index (χ2v) is 6.22. The molecule has 0 aromatic heterocycles. The zero-order valence-electron chi connectivity index (χ0n) is 14.4. The Bertz CT molecular complexity index is 376. The van der Waals surface area contributed by atoms with Gasteiger partial charge in [-0.15, -0.1) is 12.4 Å². The highest BCUT2D eigenvalue weighted by Crippen LogP contribution is 2.18. The number of rotatable bonds is 4. The van der Waals surface area contributed by atoms with Crippen LogP contribution in [-0.2, 0) is 4.79 Å². The fourth-order valence-corrected chi connectivity index (χ4v) is 3.30. The highest BCUT2D eigenvalue weighted by atomic mass is 35.5. The van der Waals surface area contributed by atoms with Crippen molar-refractivity contribution in [3.8, 4) is 0 Å². The molecule has 3 amide bonds. The molecule has 0 unspecified atom stereocenters. The molecule has 0 aromatic rings. The minimum Gasteiger partial charge on any atom is -0.339 e. The van der Waals surface area contributed by atoms with Gasteiger partial charge in [-0.05, 0) is 45.7 Å². The topological polar surface area (TPSA) is 55.9 Å². The van der Waals surface area contributed by atoms with Crippen LogP contribution in [0.5, 0.6) is 0 Å². The number of amides is 3. The van der Waals surface area contributed by atoms with Crippen molar-refractivity contribution in [1.29, 1.82) is 0 Å². The Morgan fingerprint density at radius 2 is 1.52 bits per heavy atom. The van der Waals surface area contributed by atoms with E-state index in [1.54, 1.807) is 0 Å². The van der Waals surface area contributed by atoms with Crippen LogP contribution in [-0.4, -0.2) is 79.0 Å². The van der Waals surface area contributed by atoms with E-state index in [1.807, 2.05) is 28.5 Å². The molecule has 0 bridgehead atoms. The first-order valence-corrected chi connectivity index (χ1v) is 8.68. The lowest BCUT2D eigenvalue weighted by Gasteiger charge is -2.37. The van der Waals surface area contributed by atoms with Gasteiger partial charge < -0.3 is 20.0 Å². The summed E-state index contributed by atoms with van der Waals surface area (Å²) in [4.78, 5) is 30.3. The van der Waals surface area contributed by atoms with Crippen LogP contribution in [0.1, 0.15) is 33.1 Å². The van der Waals surface area contributed by atoms with E-state index >= 15 is 0 Å². The number of nitrogens with zero attached hydrogens (tertiary/aromatic N) is 3. The standard InChI is InChI=1S/C16H30N4O2.ClH/c1-3-18(4-2)16(22)20-11-9-19(10-12-20)15(21)13-14-5-7-17-8-6-14;/h14,17H,3-13H2,1-2H3;1H. The summed E-state index contributed by atoms with van der Waals surface area (Å²) in [6, 6.07) is 0.107. The van der Waals surface area contributed by atoms with E-state index in [9.17, 15) is 9.59 Å². The highest BCUT2D eigenvalue weighted by molar-refractivity contribution is 5.85. The molecule has 2 aliphatic rings. The first kappa shape index (κ1) is 20.0. The van der Waals surface area contributed by atoms with Crippen molar-refractivity contribution in [1.82, 2.24) is 20.0 Å². The van der Waals surface area contributed by atoms with Gasteiger partial charge in [0.15, 0.2) is 0 Å². The molecule has 134 valence electrons. The van der Waals surface area contributed by atoms with Gasteiger partial charge in [-0.2, -0.15) is 0 Å². The number of piperidine rings is 1. The number of urea groups is 1. The predicted octanol–water partition coefficient (Wildman–Crippen LogP) is 1.40. The van der Waals surface area contributed by atoms with Crippen molar-refractivity contribution in [2.45, 2.75) is 33.1 Å². The van der Waals surface area contributed by atoms with Crippen molar-refractivity contribution < 1.29 is 9.59 Å². The molecule has 6 nitrogen and oxygen atoms in total. The lowest BCUT2D eigenvalue weighted by Crippen LogP contribution is -2.54. The lowest BCUT2D eigenvalue weighted by molar-refractivity contribution is -0.133. The maximum Gasteiger partial charge on any atom is 0.320 e. The molecule has 2 saturated heterocycles. The fraction of sp³-hybridized carbons (Fsp3) is 0.875. The number of carbonyl (C=O) groups is 2. The number of nitrogens with one attached hydrogen (secondary N) is 1. The SMILES string of the molecule is CCN(CC)C(=O)N1CCN(C(=O)CC2CCNCC2)CC1.Cl. The van der Waals surface area contributed by atoms with Crippen LogP contribution in [0.15, 0.2) is 0 Å². The van der Waals surface area contributed by atoms with Crippen molar-refractivity contribution >= 4 is 24.3 Å². The minimum atomic E-state index is 0. The molecule has 0 atom stereocenters. The molecule has 2 rings (SSSR count). The van der Waals surface area contributed by atoms with Crippen LogP contribution in [0, 0.1) is 5.92 Å².